The van der Waals surface area contributed by atoms with Crippen LogP contribution in [0.3, 0.4) is 0 Å². The Hall–Kier alpha value is -2.71. The lowest BCUT2D eigenvalue weighted by Crippen LogP contribution is -2.47. The van der Waals surface area contributed by atoms with Crippen LogP contribution in [0.4, 0.5) is 0 Å². The third-order valence-electron chi connectivity index (χ3n) is 3.59. The molecule has 2 aromatic carbocycles. The molecule has 1 unspecified atom stereocenters. The van der Waals surface area contributed by atoms with Crippen molar-refractivity contribution in [2.45, 2.75) is 17.5 Å². The zero-order chi connectivity index (χ0) is 19.2. The fourth-order valence-corrected chi connectivity index (χ4v) is 2.79. The van der Waals surface area contributed by atoms with Crippen molar-refractivity contribution in [1.29, 1.82) is 0 Å². The Morgan fingerprint density at radius 1 is 1.08 bits per heavy atom. The third kappa shape index (κ3) is 5.68. The van der Waals surface area contributed by atoms with Crippen molar-refractivity contribution in [3.05, 3.63) is 65.7 Å². The van der Waals surface area contributed by atoms with Crippen molar-refractivity contribution in [3.63, 3.8) is 0 Å². The molecule has 0 fully saturated rings. The SMILES string of the molecule is CS(=O)(=O)c1ccc(C(=O)NC(COCc2ccccc2)C(N)=O)cc1. The molecule has 0 heterocycles. The molecule has 0 saturated heterocycles. The lowest BCUT2D eigenvalue weighted by molar-refractivity contribution is -0.121. The molecule has 0 bridgehead atoms. The van der Waals surface area contributed by atoms with E-state index in [1.165, 1.54) is 24.3 Å². The molecule has 0 radical (unpaired) electrons. The number of nitrogens with two attached hydrogens (primary N) is 1. The van der Waals surface area contributed by atoms with Crippen LogP contribution >= 0.6 is 0 Å². The number of carbonyl (C=O) groups is 2. The number of benzene rings is 2. The Morgan fingerprint density at radius 2 is 1.69 bits per heavy atom. The first-order chi connectivity index (χ1) is 12.3. The molecule has 138 valence electrons. The summed E-state index contributed by atoms with van der Waals surface area (Å²) in [5.74, 6) is -1.27. The second kappa shape index (κ2) is 8.59. The highest BCUT2D eigenvalue weighted by molar-refractivity contribution is 7.90. The zero-order valence-electron chi connectivity index (χ0n) is 14.2. The highest BCUT2D eigenvalue weighted by Gasteiger charge is 2.19. The molecule has 2 amide bonds. The van der Waals surface area contributed by atoms with E-state index in [9.17, 15) is 18.0 Å². The minimum atomic E-state index is -3.35. The summed E-state index contributed by atoms with van der Waals surface area (Å²) in [6.45, 7) is 0.209. The van der Waals surface area contributed by atoms with Crippen LogP contribution in [0.5, 0.6) is 0 Å². The molecule has 1 atom stereocenters. The van der Waals surface area contributed by atoms with Gasteiger partial charge in [-0.2, -0.15) is 0 Å². The molecule has 0 aliphatic heterocycles. The van der Waals surface area contributed by atoms with E-state index in [-0.39, 0.29) is 23.7 Å². The standard InChI is InChI=1S/C18H20N2O5S/c1-26(23,24)15-9-7-14(8-10-15)18(22)20-16(17(19)21)12-25-11-13-5-3-2-4-6-13/h2-10,16H,11-12H2,1H3,(H2,19,21)(H,20,22). The van der Waals surface area contributed by atoms with Crippen molar-refractivity contribution >= 4 is 21.7 Å². The zero-order valence-corrected chi connectivity index (χ0v) is 15.0. The van der Waals surface area contributed by atoms with Crippen LogP contribution in [0.25, 0.3) is 0 Å². The van der Waals surface area contributed by atoms with Crippen molar-refractivity contribution < 1.29 is 22.7 Å². The molecule has 8 heteroatoms. The maximum absolute atomic E-state index is 12.2. The molecule has 0 aromatic heterocycles. The highest BCUT2D eigenvalue weighted by Crippen LogP contribution is 2.10. The molecule has 7 nitrogen and oxygen atoms in total. The highest BCUT2D eigenvalue weighted by atomic mass is 32.2. The second-order valence-corrected chi connectivity index (χ2v) is 7.74. The first-order valence-electron chi connectivity index (χ1n) is 7.79. The van der Waals surface area contributed by atoms with Gasteiger partial charge in [0.1, 0.15) is 6.04 Å². The van der Waals surface area contributed by atoms with Crippen molar-refractivity contribution in [3.8, 4) is 0 Å². The molecule has 26 heavy (non-hydrogen) atoms. The Kier molecular flexibility index (Phi) is 6.48. The maximum Gasteiger partial charge on any atom is 0.251 e. The number of primary amides is 1. The van der Waals surface area contributed by atoms with Gasteiger partial charge in [0.15, 0.2) is 9.84 Å². The summed E-state index contributed by atoms with van der Waals surface area (Å²) < 4.78 is 28.3. The Balaban J connectivity index is 1.96. The smallest absolute Gasteiger partial charge is 0.251 e. The van der Waals surface area contributed by atoms with E-state index < -0.39 is 27.7 Å². The minimum Gasteiger partial charge on any atom is -0.374 e. The van der Waals surface area contributed by atoms with E-state index in [1.807, 2.05) is 30.3 Å². The average Bonchev–Trinajstić information content (AvgIpc) is 2.61. The van der Waals surface area contributed by atoms with E-state index >= 15 is 0 Å². The van der Waals surface area contributed by atoms with Crippen LogP contribution in [0.15, 0.2) is 59.5 Å². The number of hydrogen-bond donors (Lipinski definition) is 2. The Labute approximate surface area is 152 Å². The van der Waals surface area contributed by atoms with Crippen molar-refractivity contribution in [2.24, 2.45) is 5.73 Å². The van der Waals surface area contributed by atoms with Gasteiger partial charge in [-0.3, -0.25) is 9.59 Å². The lowest BCUT2D eigenvalue weighted by atomic mass is 10.2. The van der Waals surface area contributed by atoms with Crippen molar-refractivity contribution in [2.75, 3.05) is 12.9 Å². The van der Waals surface area contributed by atoms with Gasteiger partial charge in [-0.15, -0.1) is 0 Å². The average molecular weight is 376 g/mol. The summed E-state index contributed by atoms with van der Waals surface area (Å²) >= 11 is 0. The van der Waals surface area contributed by atoms with Gasteiger partial charge in [-0.25, -0.2) is 8.42 Å². The van der Waals surface area contributed by atoms with Gasteiger partial charge in [-0.1, -0.05) is 30.3 Å². The third-order valence-corrected chi connectivity index (χ3v) is 4.72. The second-order valence-electron chi connectivity index (χ2n) is 5.73. The topological polar surface area (TPSA) is 116 Å². The molecule has 0 saturated carbocycles. The summed E-state index contributed by atoms with van der Waals surface area (Å²) in [5.41, 5.74) is 6.45. The first kappa shape index (κ1) is 19.6. The van der Waals surface area contributed by atoms with Gasteiger partial charge in [0, 0.05) is 11.8 Å². The first-order valence-corrected chi connectivity index (χ1v) is 9.68. The molecule has 0 aliphatic carbocycles. The number of rotatable bonds is 8. The minimum absolute atomic E-state index is 0.0720. The number of amides is 2. The maximum atomic E-state index is 12.2. The molecule has 0 spiro atoms. The van der Waals surface area contributed by atoms with Crippen LogP contribution in [0.2, 0.25) is 0 Å². The van der Waals surface area contributed by atoms with E-state index in [2.05, 4.69) is 5.32 Å². The number of sulfone groups is 1. The monoisotopic (exact) mass is 376 g/mol. The van der Waals surface area contributed by atoms with Gasteiger partial charge < -0.3 is 15.8 Å². The molecular formula is C18H20N2O5S. The lowest BCUT2D eigenvalue weighted by Gasteiger charge is -2.16. The molecule has 0 aliphatic rings. The Bertz CT molecular complexity index is 864. The number of hydrogen-bond acceptors (Lipinski definition) is 5. The normalized spacial score (nSPS) is 12.3. The predicted molar refractivity (Wildman–Crippen MR) is 96.1 cm³/mol. The number of ether oxygens (including phenoxy) is 1. The van der Waals surface area contributed by atoms with Gasteiger partial charge in [0.05, 0.1) is 18.1 Å². The van der Waals surface area contributed by atoms with Gasteiger partial charge >= 0.3 is 0 Å². The molecule has 2 aromatic rings. The summed E-state index contributed by atoms with van der Waals surface area (Å²) in [4.78, 5) is 23.9. The predicted octanol–water partition coefficient (Wildman–Crippen LogP) is 0.891. The van der Waals surface area contributed by atoms with Gasteiger partial charge in [-0.05, 0) is 29.8 Å². The summed E-state index contributed by atoms with van der Waals surface area (Å²) in [5, 5.41) is 2.49. The summed E-state index contributed by atoms with van der Waals surface area (Å²) in [6.07, 6.45) is 1.08. The fraction of sp³-hybridized carbons (Fsp3) is 0.222. The van der Waals surface area contributed by atoms with Gasteiger partial charge in [0.2, 0.25) is 5.91 Å². The van der Waals surface area contributed by atoms with E-state index in [4.69, 9.17) is 10.5 Å². The molecule has 3 N–H and O–H groups in total. The molecule has 2 rings (SSSR count). The van der Waals surface area contributed by atoms with Crippen LogP contribution < -0.4 is 11.1 Å². The van der Waals surface area contributed by atoms with Crippen molar-refractivity contribution in [1.82, 2.24) is 5.32 Å². The number of carbonyl (C=O) groups excluding carboxylic acids is 2. The van der Waals surface area contributed by atoms with Gasteiger partial charge in [0.25, 0.3) is 5.91 Å². The largest absolute Gasteiger partial charge is 0.374 e. The molecular weight excluding hydrogens is 356 g/mol. The van der Waals surface area contributed by atoms with Crippen LogP contribution in [0.1, 0.15) is 15.9 Å². The Morgan fingerprint density at radius 3 is 2.23 bits per heavy atom. The number of nitrogens with one attached hydrogen (secondary N) is 1. The van der Waals surface area contributed by atoms with E-state index in [0.29, 0.717) is 0 Å². The summed E-state index contributed by atoms with van der Waals surface area (Å²) in [6, 6.07) is 13.8. The summed E-state index contributed by atoms with van der Waals surface area (Å²) in [7, 11) is -3.35. The van der Waals surface area contributed by atoms with E-state index in [1.54, 1.807) is 0 Å². The van der Waals surface area contributed by atoms with Crippen LogP contribution in [-0.2, 0) is 26.0 Å². The van der Waals surface area contributed by atoms with Crippen LogP contribution in [-0.4, -0.2) is 39.1 Å². The van der Waals surface area contributed by atoms with Crippen LogP contribution in [0, 0.1) is 0 Å². The van der Waals surface area contributed by atoms with E-state index in [0.717, 1.165) is 11.8 Å². The quantitative estimate of drug-likeness (QED) is 0.710. The fourth-order valence-electron chi connectivity index (χ4n) is 2.16.